The second-order valence-corrected chi connectivity index (χ2v) is 6.13. The zero-order valence-electron chi connectivity index (χ0n) is 12.2. The molecule has 2 atom stereocenters. The summed E-state index contributed by atoms with van der Waals surface area (Å²) < 4.78 is 41.6. The van der Waals surface area contributed by atoms with Gasteiger partial charge in [0.1, 0.15) is 5.82 Å². The Hall–Kier alpha value is -1.56. The lowest BCUT2D eigenvalue weighted by molar-refractivity contribution is -0.159. The van der Waals surface area contributed by atoms with E-state index in [1.54, 1.807) is 0 Å². The van der Waals surface area contributed by atoms with Gasteiger partial charge in [0, 0.05) is 18.7 Å². The minimum Gasteiger partial charge on any atom is -0.337 e. The van der Waals surface area contributed by atoms with Crippen molar-refractivity contribution in [3.63, 3.8) is 0 Å². The van der Waals surface area contributed by atoms with E-state index in [1.165, 1.54) is 4.90 Å². The minimum absolute atomic E-state index is 0.360. The van der Waals surface area contributed by atoms with Crippen LogP contribution in [-0.4, -0.2) is 37.0 Å². The number of halogens is 3. The molecule has 0 unspecified atom stereocenters. The van der Waals surface area contributed by atoms with Crippen LogP contribution in [0, 0.1) is 17.7 Å². The number of fused-ring (bicyclic) bond motifs is 1. The van der Waals surface area contributed by atoms with Crippen molar-refractivity contribution in [3.8, 4) is 0 Å². The Balaban J connectivity index is 1.73. The Morgan fingerprint density at radius 1 is 1.09 bits per heavy atom. The van der Waals surface area contributed by atoms with E-state index < -0.39 is 23.2 Å². The van der Waals surface area contributed by atoms with Gasteiger partial charge < -0.3 is 10.2 Å². The van der Waals surface area contributed by atoms with Gasteiger partial charge in [-0.05, 0) is 62.0 Å². The molecule has 2 fully saturated rings. The predicted molar refractivity (Wildman–Crippen MR) is 76.0 cm³/mol. The second kappa shape index (κ2) is 5.91. The van der Waals surface area contributed by atoms with E-state index >= 15 is 0 Å². The summed E-state index contributed by atoms with van der Waals surface area (Å²) >= 11 is 0. The summed E-state index contributed by atoms with van der Waals surface area (Å²) in [6, 6.07) is 3.86. The van der Waals surface area contributed by atoms with Gasteiger partial charge in [-0.2, -0.15) is 8.78 Å². The van der Waals surface area contributed by atoms with Crippen molar-refractivity contribution in [2.75, 3.05) is 26.2 Å². The van der Waals surface area contributed by atoms with E-state index in [2.05, 4.69) is 5.32 Å². The van der Waals surface area contributed by atoms with Crippen LogP contribution >= 0.6 is 0 Å². The number of amides is 1. The zero-order valence-corrected chi connectivity index (χ0v) is 12.2. The molecule has 22 heavy (non-hydrogen) atoms. The maximum absolute atomic E-state index is 14.4. The molecule has 0 aromatic heterocycles. The van der Waals surface area contributed by atoms with Crippen LogP contribution in [0.3, 0.4) is 0 Å². The van der Waals surface area contributed by atoms with Crippen molar-refractivity contribution < 1.29 is 18.0 Å². The Bertz CT molecular complexity index is 533. The van der Waals surface area contributed by atoms with Crippen LogP contribution in [-0.2, 0) is 10.7 Å². The quantitative estimate of drug-likeness (QED) is 0.909. The topological polar surface area (TPSA) is 32.3 Å². The fourth-order valence-corrected chi connectivity index (χ4v) is 3.40. The molecular formula is C16H19F3N2O. The summed E-state index contributed by atoms with van der Waals surface area (Å²) in [5.74, 6) is -4.44. The largest absolute Gasteiger partial charge is 0.349 e. The number of benzene rings is 1. The summed E-state index contributed by atoms with van der Waals surface area (Å²) in [6.45, 7) is 2.53. The van der Waals surface area contributed by atoms with Gasteiger partial charge in [-0.1, -0.05) is 0 Å². The molecule has 0 saturated carbocycles. The molecule has 120 valence electrons. The van der Waals surface area contributed by atoms with Crippen molar-refractivity contribution in [1.29, 1.82) is 0 Å². The lowest BCUT2D eigenvalue weighted by atomic mass is 9.92. The van der Waals surface area contributed by atoms with Crippen LogP contribution in [0.1, 0.15) is 18.4 Å². The highest BCUT2D eigenvalue weighted by atomic mass is 19.3. The van der Waals surface area contributed by atoms with Gasteiger partial charge in [0.2, 0.25) is 0 Å². The summed E-state index contributed by atoms with van der Waals surface area (Å²) in [4.78, 5) is 13.5. The molecule has 1 amide bonds. The first-order valence-electron chi connectivity index (χ1n) is 7.62. The number of carbonyl (C=O) groups excluding carboxylic acids is 1. The van der Waals surface area contributed by atoms with Crippen molar-refractivity contribution >= 4 is 5.91 Å². The normalized spacial score (nSPS) is 25.7. The van der Waals surface area contributed by atoms with E-state index in [-0.39, 0.29) is 0 Å². The maximum Gasteiger partial charge on any atom is 0.349 e. The Labute approximate surface area is 127 Å². The molecular weight excluding hydrogens is 293 g/mol. The highest BCUT2D eigenvalue weighted by molar-refractivity contribution is 5.84. The van der Waals surface area contributed by atoms with Crippen molar-refractivity contribution in [2.24, 2.45) is 11.8 Å². The fraction of sp³-hybridized carbons (Fsp3) is 0.562. The van der Waals surface area contributed by atoms with Gasteiger partial charge in [0.25, 0.3) is 5.91 Å². The summed E-state index contributed by atoms with van der Waals surface area (Å²) in [5, 5.41) is 3.31. The molecule has 2 aliphatic rings. The number of hydrogen-bond donors (Lipinski definition) is 1. The highest BCUT2D eigenvalue weighted by Gasteiger charge is 2.45. The molecule has 1 aromatic rings. The van der Waals surface area contributed by atoms with Crippen LogP contribution in [0.25, 0.3) is 0 Å². The molecule has 0 radical (unpaired) electrons. The van der Waals surface area contributed by atoms with E-state index in [0.29, 0.717) is 24.9 Å². The van der Waals surface area contributed by atoms with Crippen LogP contribution in [0.15, 0.2) is 24.3 Å². The van der Waals surface area contributed by atoms with Crippen LogP contribution in [0.5, 0.6) is 0 Å². The third-order valence-corrected chi connectivity index (χ3v) is 4.78. The zero-order chi connectivity index (χ0) is 15.7. The Morgan fingerprint density at radius 2 is 1.64 bits per heavy atom. The lowest BCUT2D eigenvalue weighted by Gasteiger charge is -2.26. The number of likely N-dealkylation sites (tertiary alicyclic amines) is 1. The smallest absolute Gasteiger partial charge is 0.337 e. The van der Waals surface area contributed by atoms with Gasteiger partial charge in [-0.15, -0.1) is 0 Å². The molecule has 2 saturated heterocycles. The molecule has 2 heterocycles. The minimum atomic E-state index is -3.61. The van der Waals surface area contributed by atoms with Gasteiger partial charge in [-0.3, -0.25) is 4.79 Å². The van der Waals surface area contributed by atoms with Gasteiger partial charge in [0.15, 0.2) is 0 Å². The average Bonchev–Trinajstić information content (AvgIpc) is 2.86. The number of hydrogen-bond acceptors (Lipinski definition) is 2. The lowest BCUT2D eigenvalue weighted by Crippen LogP contribution is -2.42. The van der Waals surface area contributed by atoms with E-state index in [0.717, 1.165) is 50.2 Å². The third-order valence-electron chi connectivity index (χ3n) is 4.78. The van der Waals surface area contributed by atoms with E-state index in [4.69, 9.17) is 0 Å². The number of alkyl halides is 2. The number of carbonyl (C=O) groups is 1. The van der Waals surface area contributed by atoms with Gasteiger partial charge >= 0.3 is 5.92 Å². The predicted octanol–water partition coefficient (Wildman–Crippen LogP) is 2.38. The van der Waals surface area contributed by atoms with Gasteiger partial charge in [0.05, 0.1) is 0 Å². The summed E-state index contributed by atoms with van der Waals surface area (Å²) in [6.07, 6.45) is 1.51. The third kappa shape index (κ3) is 2.84. The van der Waals surface area contributed by atoms with Gasteiger partial charge in [-0.25, -0.2) is 4.39 Å². The number of nitrogens with zero attached hydrogens (tertiary/aromatic N) is 1. The average molecular weight is 312 g/mol. The molecule has 0 bridgehead atoms. The molecule has 3 rings (SSSR count). The number of nitrogens with one attached hydrogen (secondary N) is 1. The molecule has 0 spiro atoms. The summed E-state index contributed by atoms with van der Waals surface area (Å²) in [5.41, 5.74) is -0.454. The molecule has 2 aliphatic heterocycles. The molecule has 1 aromatic carbocycles. The van der Waals surface area contributed by atoms with Crippen molar-refractivity contribution in [2.45, 2.75) is 18.8 Å². The van der Waals surface area contributed by atoms with Crippen LogP contribution < -0.4 is 5.32 Å². The second-order valence-electron chi connectivity index (χ2n) is 6.13. The van der Waals surface area contributed by atoms with E-state index in [9.17, 15) is 18.0 Å². The first-order valence-corrected chi connectivity index (χ1v) is 7.62. The molecule has 6 heteroatoms. The fourth-order valence-electron chi connectivity index (χ4n) is 3.40. The van der Waals surface area contributed by atoms with Crippen molar-refractivity contribution in [3.05, 3.63) is 35.6 Å². The SMILES string of the molecule is O=C(N1CC[C@@H]2CNC[C@@H]2CC1)C(F)(F)c1ccc(F)cc1. The Kier molecular flexibility index (Phi) is 4.12. The first-order chi connectivity index (χ1) is 10.5. The van der Waals surface area contributed by atoms with Crippen LogP contribution in [0.2, 0.25) is 0 Å². The maximum atomic E-state index is 14.4. The first kappa shape index (κ1) is 15.3. The number of rotatable bonds is 2. The monoisotopic (exact) mass is 312 g/mol. The van der Waals surface area contributed by atoms with E-state index in [1.807, 2.05) is 0 Å². The molecule has 3 nitrogen and oxygen atoms in total. The molecule has 1 N–H and O–H groups in total. The highest BCUT2D eigenvalue weighted by Crippen LogP contribution is 2.33. The van der Waals surface area contributed by atoms with Crippen molar-refractivity contribution in [1.82, 2.24) is 10.2 Å². The Morgan fingerprint density at radius 3 is 2.18 bits per heavy atom. The standard InChI is InChI=1S/C16H19F3N2O/c17-14-3-1-13(2-4-14)16(18,19)15(22)21-7-5-11-9-20-10-12(11)6-8-21/h1-4,11-12,20H,5-10H2/t11-,12+. The molecule has 0 aliphatic carbocycles. The van der Waals surface area contributed by atoms with Crippen LogP contribution in [0.4, 0.5) is 13.2 Å². The summed E-state index contributed by atoms with van der Waals surface area (Å²) in [7, 11) is 0.